The van der Waals surface area contributed by atoms with Crippen molar-refractivity contribution in [1.29, 1.82) is 0 Å². The summed E-state index contributed by atoms with van der Waals surface area (Å²) in [7, 11) is 0. The van der Waals surface area contributed by atoms with Crippen LogP contribution in [0.2, 0.25) is 0 Å². The van der Waals surface area contributed by atoms with Gasteiger partial charge in [-0.2, -0.15) is 0 Å². The third kappa shape index (κ3) is 5.99. The second-order valence-electron chi connectivity index (χ2n) is 16.5. The molecule has 0 aliphatic carbocycles. The van der Waals surface area contributed by atoms with Crippen LogP contribution in [-0.2, 0) is 0 Å². The summed E-state index contributed by atoms with van der Waals surface area (Å²) in [5.41, 5.74) is 14.2. The van der Waals surface area contributed by atoms with Crippen molar-refractivity contribution in [1.82, 2.24) is 4.57 Å². The molecule has 3 aromatic heterocycles. The molecule has 0 fully saturated rings. The maximum atomic E-state index is 2.53. The second kappa shape index (κ2) is 15.0. The highest BCUT2D eigenvalue weighted by Crippen LogP contribution is 2.49. The first-order valence-corrected chi connectivity index (χ1v) is 23.4. The molecule has 3 heterocycles. The standard InChI is InChI=1S/C60H38N2S2/c1-3-14-39(15-4-1)41-26-30-44(31-27-41)61(45-32-28-42(29-33-45)40-16-5-2-6-17-40)46-19-13-18-43(36-46)51-38-53-48-20-7-10-23-54(48)62(59(53)58-50-22-9-12-25-56(50)64-60(51)58)47-34-35-57-52(37-47)49-21-8-11-24-55(49)63-57/h1-38H. The average Bonchev–Trinajstić information content (AvgIpc) is 4.04. The molecule has 4 heteroatoms. The first kappa shape index (κ1) is 36.9. The van der Waals surface area contributed by atoms with E-state index in [0.29, 0.717) is 0 Å². The Morgan fingerprint density at radius 3 is 1.56 bits per heavy atom. The molecule has 0 unspecified atom stereocenters. The lowest BCUT2D eigenvalue weighted by atomic mass is 9.98. The summed E-state index contributed by atoms with van der Waals surface area (Å²) in [6.45, 7) is 0. The smallest absolute Gasteiger partial charge is 0.0634 e. The summed E-state index contributed by atoms with van der Waals surface area (Å²) < 4.78 is 7.74. The molecule has 13 rings (SSSR count). The second-order valence-corrected chi connectivity index (χ2v) is 18.6. The van der Waals surface area contributed by atoms with Gasteiger partial charge in [-0.05, 0) is 107 Å². The van der Waals surface area contributed by atoms with Crippen LogP contribution in [0.15, 0.2) is 231 Å². The van der Waals surface area contributed by atoms with Gasteiger partial charge in [-0.25, -0.2) is 0 Å². The van der Waals surface area contributed by atoms with Gasteiger partial charge in [-0.15, -0.1) is 22.7 Å². The third-order valence-electron chi connectivity index (χ3n) is 12.8. The number of fused-ring (bicyclic) bond motifs is 10. The van der Waals surface area contributed by atoms with Gasteiger partial charge in [0, 0.05) is 79.4 Å². The molecule has 13 aromatic rings. The van der Waals surface area contributed by atoms with Gasteiger partial charge in [-0.3, -0.25) is 0 Å². The lowest BCUT2D eigenvalue weighted by Gasteiger charge is -2.26. The van der Waals surface area contributed by atoms with Crippen molar-refractivity contribution in [3.63, 3.8) is 0 Å². The summed E-state index contributed by atoms with van der Waals surface area (Å²) in [6.07, 6.45) is 0. The number of hydrogen-bond donors (Lipinski definition) is 0. The monoisotopic (exact) mass is 850 g/mol. The Morgan fingerprint density at radius 2 is 0.875 bits per heavy atom. The molecule has 0 atom stereocenters. The molecular weight excluding hydrogens is 813 g/mol. The third-order valence-corrected chi connectivity index (χ3v) is 15.1. The van der Waals surface area contributed by atoms with Crippen molar-refractivity contribution in [3.05, 3.63) is 231 Å². The fourth-order valence-electron chi connectivity index (χ4n) is 9.80. The van der Waals surface area contributed by atoms with Gasteiger partial charge in [0.15, 0.2) is 0 Å². The number of nitrogens with zero attached hydrogens (tertiary/aromatic N) is 2. The Morgan fingerprint density at radius 1 is 0.328 bits per heavy atom. The summed E-state index contributed by atoms with van der Waals surface area (Å²) >= 11 is 3.77. The molecule has 300 valence electrons. The van der Waals surface area contributed by atoms with E-state index >= 15 is 0 Å². The van der Waals surface area contributed by atoms with Crippen LogP contribution >= 0.6 is 22.7 Å². The maximum absolute atomic E-state index is 2.53. The van der Waals surface area contributed by atoms with E-state index in [2.05, 4.69) is 240 Å². The van der Waals surface area contributed by atoms with Crippen LogP contribution in [0.25, 0.3) is 101 Å². The van der Waals surface area contributed by atoms with E-state index in [1.165, 1.54) is 101 Å². The zero-order chi connectivity index (χ0) is 42.1. The summed E-state index contributed by atoms with van der Waals surface area (Å²) in [5, 5.41) is 7.71. The van der Waals surface area contributed by atoms with Crippen molar-refractivity contribution < 1.29 is 0 Å². The van der Waals surface area contributed by atoms with Gasteiger partial charge in [0.25, 0.3) is 0 Å². The molecule has 2 nitrogen and oxygen atoms in total. The topological polar surface area (TPSA) is 8.17 Å². The highest BCUT2D eigenvalue weighted by Gasteiger charge is 2.23. The molecule has 0 saturated heterocycles. The Labute approximate surface area is 378 Å². The number of para-hydroxylation sites is 1. The van der Waals surface area contributed by atoms with E-state index in [0.717, 1.165) is 17.1 Å². The zero-order valence-electron chi connectivity index (χ0n) is 34.7. The molecule has 0 N–H and O–H groups in total. The molecule has 0 saturated carbocycles. The first-order chi connectivity index (χ1) is 31.7. The molecule has 10 aromatic carbocycles. The van der Waals surface area contributed by atoms with E-state index in [9.17, 15) is 0 Å². The van der Waals surface area contributed by atoms with Gasteiger partial charge < -0.3 is 9.47 Å². The highest BCUT2D eigenvalue weighted by molar-refractivity contribution is 7.26. The zero-order valence-corrected chi connectivity index (χ0v) is 36.3. The van der Waals surface area contributed by atoms with Crippen LogP contribution in [0, 0.1) is 0 Å². The predicted molar refractivity (Wildman–Crippen MR) is 278 cm³/mol. The number of benzene rings is 10. The minimum Gasteiger partial charge on any atom is -0.310 e. The minimum absolute atomic E-state index is 1.10. The van der Waals surface area contributed by atoms with Crippen LogP contribution in [0.4, 0.5) is 17.1 Å². The fraction of sp³-hybridized carbons (Fsp3) is 0. The van der Waals surface area contributed by atoms with Crippen molar-refractivity contribution in [3.8, 4) is 39.1 Å². The van der Waals surface area contributed by atoms with Crippen molar-refractivity contribution in [2.24, 2.45) is 0 Å². The quantitative estimate of drug-likeness (QED) is 0.155. The normalized spacial score (nSPS) is 11.8. The fourth-order valence-corrected chi connectivity index (χ4v) is 12.1. The average molecular weight is 851 g/mol. The van der Waals surface area contributed by atoms with E-state index < -0.39 is 0 Å². The van der Waals surface area contributed by atoms with Gasteiger partial charge in [0.05, 0.1) is 11.0 Å². The van der Waals surface area contributed by atoms with E-state index in [1.54, 1.807) is 0 Å². The van der Waals surface area contributed by atoms with Crippen molar-refractivity contribution >= 4 is 102 Å². The number of thiophene rings is 2. The molecule has 0 aliphatic heterocycles. The number of hydrogen-bond acceptors (Lipinski definition) is 3. The Bertz CT molecular complexity index is 3790. The Balaban J connectivity index is 1.02. The van der Waals surface area contributed by atoms with Crippen LogP contribution in [0.1, 0.15) is 0 Å². The van der Waals surface area contributed by atoms with E-state index in [4.69, 9.17) is 0 Å². The van der Waals surface area contributed by atoms with Crippen LogP contribution in [-0.4, -0.2) is 4.57 Å². The summed E-state index contributed by atoms with van der Waals surface area (Å²) in [4.78, 5) is 2.39. The van der Waals surface area contributed by atoms with Crippen molar-refractivity contribution in [2.75, 3.05) is 4.90 Å². The van der Waals surface area contributed by atoms with E-state index in [1.807, 2.05) is 22.7 Å². The molecule has 64 heavy (non-hydrogen) atoms. The maximum Gasteiger partial charge on any atom is 0.0634 e. The van der Waals surface area contributed by atoms with Crippen LogP contribution in [0.5, 0.6) is 0 Å². The molecule has 0 bridgehead atoms. The van der Waals surface area contributed by atoms with Gasteiger partial charge >= 0.3 is 0 Å². The molecule has 0 radical (unpaired) electrons. The molecule has 0 aliphatic rings. The van der Waals surface area contributed by atoms with Gasteiger partial charge in [-0.1, -0.05) is 152 Å². The number of rotatable bonds is 7. The predicted octanol–water partition coefficient (Wildman–Crippen LogP) is 18.0. The Kier molecular flexibility index (Phi) is 8.61. The molecular formula is C60H38N2S2. The lowest BCUT2D eigenvalue weighted by Crippen LogP contribution is -2.10. The molecule has 0 amide bonds. The lowest BCUT2D eigenvalue weighted by molar-refractivity contribution is 1.19. The van der Waals surface area contributed by atoms with Gasteiger partial charge in [0.2, 0.25) is 0 Å². The SMILES string of the molecule is c1ccc(-c2ccc(N(c3ccc(-c4ccccc4)cc3)c3cccc(-c4cc5c6ccccc6n(-c6ccc7sc8ccccc8c7c6)c5c5c4sc4ccccc45)c3)cc2)cc1. The summed E-state index contributed by atoms with van der Waals surface area (Å²) in [6, 6.07) is 84.5. The summed E-state index contributed by atoms with van der Waals surface area (Å²) in [5.74, 6) is 0. The molecule has 0 spiro atoms. The minimum atomic E-state index is 1.10. The van der Waals surface area contributed by atoms with Crippen molar-refractivity contribution in [2.45, 2.75) is 0 Å². The Hall–Kier alpha value is -7.76. The van der Waals surface area contributed by atoms with E-state index in [-0.39, 0.29) is 0 Å². The number of aromatic nitrogens is 1. The largest absolute Gasteiger partial charge is 0.310 e. The number of anilines is 3. The van der Waals surface area contributed by atoms with Crippen LogP contribution in [0.3, 0.4) is 0 Å². The first-order valence-electron chi connectivity index (χ1n) is 21.7. The highest BCUT2D eigenvalue weighted by atomic mass is 32.1. The van der Waals surface area contributed by atoms with Gasteiger partial charge in [0.1, 0.15) is 0 Å². The van der Waals surface area contributed by atoms with Crippen LogP contribution < -0.4 is 4.90 Å².